The van der Waals surface area contributed by atoms with Gasteiger partial charge in [-0.2, -0.15) is 0 Å². The number of amides is 1. The summed E-state index contributed by atoms with van der Waals surface area (Å²) in [5.41, 5.74) is 7.74. The summed E-state index contributed by atoms with van der Waals surface area (Å²) in [6.45, 7) is -0.392. The van der Waals surface area contributed by atoms with E-state index in [0.29, 0.717) is 16.8 Å². The van der Waals surface area contributed by atoms with Crippen molar-refractivity contribution in [3.05, 3.63) is 78.4 Å². The zero-order valence-corrected chi connectivity index (χ0v) is 17.1. The molecule has 0 bridgehead atoms. The maximum atomic E-state index is 12.4. The van der Waals surface area contributed by atoms with Crippen LogP contribution in [0.15, 0.2) is 77.7 Å². The van der Waals surface area contributed by atoms with Gasteiger partial charge in [0.1, 0.15) is 16.5 Å². The highest BCUT2D eigenvalue weighted by Crippen LogP contribution is 2.35. The number of rotatable bonds is 7. The van der Waals surface area contributed by atoms with Gasteiger partial charge in [0.25, 0.3) is 5.91 Å². The van der Waals surface area contributed by atoms with Gasteiger partial charge >= 0.3 is 0 Å². The Hall–Kier alpha value is -3.65. The van der Waals surface area contributed by atoms with Crippen molar-refractivity contribution in [3.8, 4) is 16.9 Å². The number of carbonyl (C=O) groups excluding carboxylic acids is 1. The van der Waals surface area contributed by atoms with Gasteiger partial charge in [0.15, 0.2) is 16.4 Å². The highest BCUT2D eigenvalue weighted by molar-refractivity contribution is 7.90. The first-order valence-electron chi connectivity index (χ1n) is 9.01. The second kappa shape index (κ2) is 8.79. The minimum Gasteiger partial charge on any atom is -0.482 e. The quantitative estimate of drug-likeness (QED) is 0.398. The summed E-state index contributed by atoms with van der Waals surface area (Å²) < 4.78 is 30.2. The number of para-hydroxylation sites is 1. The fourth-order valence-corrected chi connectivity index (χ4v) is 3.73. The fourth-order valence-electron chi connectivity index (χ4n) is 2.90. The molecule has 7 nitrogen and oxygen atoms in total. The first-order valence-corrected chi connectivity index (χ1v) is 10.9. The van der Waals surface area contributed by atoms with Crippen molar-refractivity contribution in [1.82, 2.24) is 0 Å². The van der Waals surface area contributed by atoms with E-state index < -0.39 is 22.4 Å². The minimum absolute atomic E-state index is 0.00947. The minimum atomic E-state index is -3.58. The van der Waals surface area contributed by atoms with Crippen LogP contribution in [0.25, 0.3) is 11.1 Å². The molecular formula is C22H21N3O4S. The molecule has 154 valence electrons. The predicted octanol–water partition coefficient (Wildman–Crippen LogP) is 3.06. The van der Waals surface area contributed by atoms with Gasteiger partial charge in [-0.1, -0.05) is 54.6 Å². The van der Waals surface area contributed by atoms with Crippen LogP contribution in [0.1, 0.15) is 5.56 Å². The van der Waals surface area contributed by atoms with E-state index in [1.54, 1.807) is 36.4 Å². The van der Waals surface area contributed by atoms with E-state index in [1.165, 1.54) is 6.07 Å². The number of hydrogen-bond acceptors (Lipinski definition) is 5. The van der Waals surface area contributed by atoms with E-state index in [0.717, 1.165) is 11.8 Å². The van der Waals surface area contributed by atoms with Crippen molar-refractivity contribution in [2.75, 3.05) is 18.2 Å². The lowest BCUT2D eigenvalue weighted by Gasteiger charge is -2.15. The smallest absolute Gasteiger partial charge is 0.262 e. The molecule has 8 heteroatoms. The molecule has 4 N–H and O–H groups in total. The Morgan fingerprint density at radius 2 is 1.73 bits per heavy atom. The molecule has 3 aromatic carbocycles. The Morgan fingerprint density at radius 3 is 2.40 bits per heavy atom. The normalized spacial score (nSPS) is 11.0. The van der Waals surface area contributed by atoms with Crippen LogP contribution in [-0.4, -0.2) is 33.0 Å². The average molecular weight is 423 g/mol. The maximum Gasteiger partial charge on any atom is 0.262 e. The first-order chi connectivity index (χ1) is 14.3. The van der Waals surface area contributed by atoms with E-state index >= 15 is 0 Å². The zero-order valence-electron chi connectivity index (χ0n) is 16.3. The van der Waals surface area contributed by atoms with Crippen LogP contribution in [0.2, 0.25) is 0 Å². The van der Waals surface area contributed by atoms with Gasteiger partial charge in [-0.3, -0.25) is 10.2 Å². The molecule has 3 rings (SSSR count). The molecule has 0 aromatic heterocycles. The fraction of sp³-hybridized carbons (Fsp3) is 0.0909. The molecule has 0 aliphatic heterocycles. The Labute approximate surface area is 174 Å². The summed E-state index contributed by atoms with van der Waals surface area (Å²) >= 11 is 0. The largest absolute Gasteiger partial charge is 0.482 e. The van der Waals surface area contributed by atoms with Crippen LogP contribution in [0.4, 0.5) is 5.69 Å². The van der Waals surface area contributed by atoms with Gasteiger partial charge in [0, 0.05) is 23.1 Å². The number of sulfone groups is 1. The standard InChI is InChI=1S/C22H21N3O4S/c1-30(27,28)19-12-6-11-18(15-7-3-2-4-8-15)21(19)29-14-20(26)25-17-10-5-9-16(13-17)22(23)24/h2-13H,14H2,1H3,(H3,23,24)(H,25,26). The Kier molecular flexibility index (Phi) is 6.17. The summed E-state index contributed by atoms with van der Waals surface area (Å²) in [5, 5.41) is 10.1. The third kappa shape index (κ3) is 5.03. The van der Waals surface area contributed by atoms with E-state index in [-0.39, 0.29) is 16.5 Å². The Morgan fingerprint density at radius 1 is 1.03 bits per heavy atom. The van der Waals surface area contributed by atoms with Gasteiger partial charge in [-0.05, 0) is 23.8 Å². The van der Waals surface area contributed by atoms with Gasteiger partial charge in [-0.15, -0.1) is 0 Å². The Bertz CT molecular complexity index is 1190. The molecule has 0 aliphatic carbocycles. The lowest BCUT2D eigenvalue weighted by atomic mass is 10.0. The van der Waals surface area contributed by atoms with Crippen LogP contribution in [0, 0.1) is 5.41 Å². The summed E-state index contributed by atoms with van der Waals surface area (Å²) in [6, 6.07) is 20.6. The number of ether oxygens (including phenoxy) is 1. The lowest BCUT2D eigenvalue weighted by Crippen LogP contribution is -2.21. The van der Waals surface area contributed by atoms with Crippen LogP contribution in [0.5, 0.6) is 5.75 Å². The molecular weight excluding hydrogens is 402 g/mol. The van der Waals surface area contributed by atoms with E-state index in [1.807, 2.05) is 30.3 Å². The highest BCUT2D eigenvalue weighted by atomic mass is 32.2. The lowest BCUT2D eigenvalue weighted by molar-refractivity contribution is -0.118. The molecule has 0 fully saturated rings. The van der Waals surface area contributed by atoms with Crippen molar-refractivity contribution in [3.63, 3.8) is 0 Å². The average Bonchev–Trinajstić information content (AvgIpc) is 2.72. The zero-order chi connectivity index (χ0) is 21.7. The number of carbonyl (C=O) groups is 1. The van der Waals surface area contributed by atoms with Crippen molar-refractivity contribution in [1.29, 1.82) is 5.41 Å². The van der Waals surface area contributed by atoms with Crippen molar-refractivity contribution in [2.45, 2.75) is 4.90 Å². The van der Waals surface area contributed by atoms with Crippen molar-refractivity contribution in [2.24, 2.45) is 5.73 Å². The molecule has 0 atom stereocenters. The van der Waals surface area contributed by atoms with Gasteiger partial charge in [-0.25, -0.2) is 8.42 Å². The molecule has 0 heterocycles. The SMILES string of the molecule is CS(=O)(=O)c1cccc(-c2ccccc2)c1OCC(=O)Nc1cccc(C(=N)N)c1. The van der Waals surface area contributed by atoms with Crippen molar-refractivity contribution >= 4 is 27.3 Å². The number of nitrogen functional groups attached to an aromatic ring is 1. The number of nitrogens with two attached hydrogens (primary N) is 1. The summed E-state index contributed by atoms with van der Waals surface area (Å²) in [6.07, 6.45) is 1.09. The second-order valence-corrected chi connectivity index (χ2v) is 8.59. The first kappa shape index (κ1) is 21.1. The van der Waals surface area contributed by atoms with Crippen molar-refractivity contribution < 1.29 is 17.9 Å². The summed E-state index contributed by atoms with van der Waals surface area (Å²) in [5.74, 6) is -0.464. The van der Waals surface area contributed by atoms with Crippen LogP contribution in [-0.2, 0) is 14.6 Å². The maximum absolute atomic E-state index is 12.4. The highest BCUT2D eigenvalue weighted by Gasteiger charge is 2.20. The van der Waals surface area contributed by atoms with Crippen LogP contribution < -0.4 is 15.8 Å². The molecule has 0 radical (unpaired) electrons. The topological polar surface area (TPSA) is 122 Å². The summed E-state index contributed by atoms with van der Waals surface area (Å²) in [7, 11) is -3.58. The van der Waals surface area contributed by atoms with Gasteiger partial charge in [0.2, 0.25) is 0 Å². The van der Waals surface area contributed by atoms with Crippen LogP contribution >= 0.6 is 0 Å². The molecule has 1 amide bonds. The van der Waals surface area contributed by atoms with Gasteiger partial charge in [0.05, 0.1) is 0 Å². The molecule has 0 unspecified atom stereocenters. The molecule has 30 heavy (non-hydrogen) atoms. The predicted molar refractivity (Wildman–Crippen MR) is 117 cm³/mol. The number of benzene rings is 3. The molecule has 0 saturated heterocycles. The number of amidine groups is 1. The third-order valence-corrected chi connectivity index (χ3v) is 5.39. The second-order valence-electron chi connectivity index (χ2n) is 6.60. The molecule has 0 aliphatic rings. The Balaban J connectivity index is 1.86. The van der Waals surface area contributed by atoms with E-state index in [9.17, 15) is 13.2 Å². The molecule has 0 saturated carbocycles. The van der Waals surface area contributed by atoms with E-state index in [2.05, 4.69) is 5.32 Å². The number of nitrogens with one attached hydrogen (secondary N) is 2. The van der Waals surface area contributed by atoms with Gasteiger partial charge < -0.3 is 15.8 Å². The summed E-state index contributed by atoms with van der Waals surface area (Å²) in [4.78, 5) is 12.4. The monoisotopic (exact) mass is 423 g/mol. The van der Waals surface area contributed by atoms with E-state index in [4.69, 9.17) is 15.9 Å². The number of hydrogen-bond donors (Lipinski definition) is 3. The molecule has 3 aromatic rings. The van der Waals surface area contributed by atoms with Crippen LogP contribution in [0.3, 0.4) is 0 Å². The third-order valence-electron chi connectivity index (χ3n) is 4.27. The molecule has 0 spiro atoms. The number of anilines is 1.